The summed E-state index contributed by atoms with van der Waals surface area (Å²) in [6.07, 6.45) is 0. The molecule has 1 aliphatic carbocycles. The van der Waals surface area contributed by atoms with Crippen molar-refractivity contribution in [2.24, 2.45) is 11.8 Å². The van der Waals surface area contributed by atoms with E-state index < -0.39 is 46.5 Å². The molecule has 0 aromatic heterocycles. The smallest absolute Gasteiger partial charge is 0.356 e. The van der Waals surface area contributed by atoms with E-state index in [1.54, 1.807) is 50.2 Å². The summed E-state index contributed by atoms with van der Waals surface area (Å²) in [5.41, 5.74) is -3.95. The molecule has 2 heterocycles. The molecule has 0 radical (unpaired) electrons. The van der Waals surface area contributed by atoms with Crippen LogP contribution < -0.4 is 9.47 Å². The van der Waals surface area contributed by atoms with Gasteiger partial charge in [-0.1, -0.05) is 24.3 Å². The standard InChI is InChI=1S/C24H20O8/c1-3-29-21(27)23-17(19(25)13-9-5-7-11-15(13)31-23)18-20(26)14-10-6-8-12-16(14)32-24(18,23)22(28)30-4-2/h5-12,17-18H,3-4H2,1-2H3/t17-,18-,23-,24-/m0/s1. The molecular formula is C24H20O8. The van der Waals surface area contributed by atoms with Gasteiger partial charge < -0.3 is 18.9 Å². The average Bonchev–Trinajstić information content (AvgIpc) is 2.78. The average molecular weight is 436 g/mol. The van der Waals surface area contributed by atoms with Crippen LogP contribution in [0.1, 0.15) is 34.6 Å². The minimum atomic E-state index is -2.20. The van der Waals surface area contributed by atoms with Crippen molar-refractivity contribution in [3.05, 3.63) is 59.7 Å². The molecule has 2 aromatic carbocycles. The van der Waals surface area contributed by atoms with Crippen molar-refractivity contribution in [3.63, 3.8) is 0 Å². The fraction of sp³-hybridized carbons (Fsp3) is 0.333. The lowest BCUT2D eigenvalue weighted by Gasteiger charge is -2.64. The van der Waals surface area contributed by atoms with E-state index in [1.165, 1.54) is 12.1 Å². The first kappa shape index (κ1) is 20.2. The van der Waals surface area contributed by atoms with Crippen LogP contribution in [0, 0.1) is 11.8 Å². The van der Waals surface area contributed by atoms with E-state index in [4.69, 9.17) is 18.9 Å². The van der Waals surface area contributed by atoms with Crippen LogP contribution in [0.25, 0.3) is 0 Å². The van der Waals surface area contributed by atoms with Gasteiger partial charge in [-0.25, -0.2) is 9.59 Å². The van der Waals surface area contributed by atoms with E-state index in [0.717, 1.165) is 0 Å². The van der Waals surface area contributed by atoms with Gasteiger partial charge in [-0.3, -0.25) is 9.59 Å². The Morgan fingerprint density at radius 1 is 0.750 bits per heavy atom. The SMILES string of the molecule is CCOC(=O)[C@@]12Oc3ccccc3C(=O)[C@@H]1[C@H]1C(=O)c3ccccc3O[C@]12C(=O)OCC. The van der Waals surface area contributed by atoms with Gasteiger partial charge >= 0.3 is 11.9 Å². The first-order valence-corrected chi connectivity index (χ1v) is 10.4. The highest BCUT2D eigenvalue weighted by molar-refractivity contribution is 6.19. The minimum absolute atomic E-state index is 0.0272. The molecular weight excluding hydrogens is 416 g/mol. The first-order chi connectivity index (χ1) is 15.4. The Morgan fingerprint density at radius 2 is 1.12 bits per heavy atom. The Morgan fingerprint density at radius 3 is 1.50 bits per heavy atom. The summed E-state index contributed by atoms with van der Waals surface area (Å²) in [6.45, 7) is 3.14. The van der Waals surface area contributed by atoms with Crippen LogP contribution >= 0.6 is 0 Å². The number of para-hydroxylation sites is 2. The summed E-state index contributed by atoms with van der Waals surface area (Å²) in [6, 6.07) is 12.7. The summed E-state index contributed by atoms with van der Waals surface area (Å²) in [5.74, 6) is -5.27. The molecule has 0 amide bonds. The monoisotopic (exact) mass is 436 g/mol. The molecule has 32 heavy (non-hydrogen) atoms. The molecule has 2 aliphatic heterocycles. The lowest BCUT2D eigenvalue weighted by atomic mass is 9.45. The van der Waals surface area contributed by atoms with Gasteiger partial charge in [0.25, 0.3) is 11.2 Å². The quantitative estimate of drug-likeness (QED) is 0.673. The maximum Gasteiger partial charge on any atom is 0.356 e. The molecule has 2 aromatic rings. The molecule has 0 N–H and O–H groups in total. The zero-order chi connectivity index (χ0) is 22.7. The van der Waals surface area contributed by atoms with Gasteiger partial charge in [-0.05, 0) is 38.1 Å². The fourth-order valence-corrected chi connectivity index (χ4v) is 5.10. The van der Waals surface area contributed by atoms with Crippen molar-refractivity contribution >= 4 is 23.5 Å². The van der Waals surface area contributed by atoms with Crippen LogP contribution in [0.5, 0.6) is 11.5 Å². The van der Waals surface area contributed by atoms with Gasteiger partial charge in [-0.15, -0.1) is 0 Å². The van der Waals surface area contributed by atoms with E-state index in [9.17, 15) is 19.2 Å². The fourth-order valence-electron chi connectivity index (χ4n) is 5.10. The van der Waals surface area contributed by atoms with Gasteiger partial charge in [0, 0.05) is 0 Å². The Kier molecular flexibility index (Phi) is 4.37. The number of rotatable bonds is 4. The number of hydrogen-bond donors (Lipinski definition) is 0. The highest BCUT2D eigenvalue weighted by atomic mass is 16.6. The minimum Gasteiger partial charge on any atom is -0.469 e. The molecule has 0 bridgehead atoms. The van der Waals surface area contributed by atoms with Gasteiger partial charge in [0.05, 0.1) is 36.2 Å². The molecule has 0 spiro atoms. The number of benzene rings is 2. The number of ketones is 2. The topological polar surface area (TPSA) is 105 Å². The van der Waals surface area contributed by atoms with Crippen LogP contribution in [0.15, 0.2) is 48.5 Å². The molecule has 5 rings (SSSR count). The zero-order valence-corrected chi connectivity index (χ0v) is 17.5. The van der Waals surface area contributed by atoms with Crippen LogP contribution in [0.4, 0.5) is 0 Å². The number of carbonyl (C=O) groups excluding carboxylic acids is 4. The maximum atomic E-state index is 13.6. The number of hydrogen-bond acceptors (Lipinski definition) is 8. The molecule has 164 valence electrons. The molecule has 1 saturated carbocycles. The maximum absolute atomic E-state index is 13.6. The molecule has 0 saturated heterocycles. The molecule has 0 unspecified atom stereocenters. The van der Waals surface area contributed by atoms with Crippen molar-refractivity contribution in [1.82, 2.24) is 0 Å². The molecule has 8 nitrogen and oxygen atoms in total. The lowest BCUT2D eigenvalue weighted by Crippen LogP contribution is -2.90. The highest BCUT2D eigenvalue weighted by Gasteiger charge is 2.90. The normalized spacial score (nSPS) is 29.1. The molecule has 8 heteroatoms. The van der Waals surface area contributed by atoms with E-state index in [-0.39, 0.29) is 35.8 Å². The summed E-state index contributed by atoms with van der Waals surface area (Å²) >= 11 is 0. The van der Waals surface area contributed by atoms with Crippen LogP contribution in [-0.2, 0) is 19.1 Å². The van der Waals surface area contributed by atoms with Crippen molar-refractivity contribution in [1.29, 1.82) is 0 Å². The number of esters is 2. The molecule has 1 fully saturated rings. The summed E-state index contributed by atoms with van der Waals surface area (Å²) in [4.78, 5) is 54.0. The number of Topliss-reactive ketones (excluding diaryl/α,β-unsaturated/α-hetero) is 2. The Bertz CT molecular complexity index is 1080. The van der Waals surface area contributed by atoms with Crippen molar-refractivity contribution < 1.29 is 38.1 Å². The van der Waals surface area contributed by atoms with Crippen molar-refractivity contribution in [3.8, 4) is 11.5 Å². The second kappa shape index (κ2) is 6.91. The Balaban J connectivity index is 1.80. The molecule has 4 atom stereocenters. The lowest BCUT2D eigenvalue weighted by molar-refractivity contribution is -0.261. The third-order valence-electron chi connectivity index (χ3n) is 6.33. The summed E-state index contributed by atoms with van der Waals surface area (Å²) in [5, 5.41) is 0. The third kappa shape index (κ3) is 2.21. The second-order valence-electron chi connectivity index (χ2n) is 7.79. The van der Waals surface area contributed by atoms with Crippen LogP contribution in [0.2, 0.25) is 0 Å². The van der Waals surface area contributed by atoms with Crippen LogP contribution in [0.3, 0.4) is 0 Å². The van der Waals surface area contributed by atoms with Gasteiger partial charge in [0.1, 0.15) is 11.5 Å². The third-order valence-corrected chi connectivity index (χ3v) is 6.33. The van der Waals surface area contributed by atoms with Gasteiger partial charge in [0.15, 0.2) is 11.6 Å². The van der Waals surface area contributed by atoms with Gasteiger partial charge in [0.2, 0.25) is 0 Å². The first-order valence-electron chi connectivity index (χ1n) is 10.4. The van der Waals surface area contributed by atoms with Crippen LogP contribution in [-0.4, -0.2) is 47.9 Å². The number of carbonyl (C=O) groups is 4. The van der Waals surface area contributed by atoms with Crippen molar-refractivity contribution in [2.75, 3.05) is 13.2 Å². The van der Waals surface area contributed by atoms with Crippen molar-refractivity contribution in [2.45, 2.75) is 25.0 Å². The summed E-state index contributed by atoms with van der Waals surface area (Å²) in [7, 11) is 0. The van der Waals surface area contributed by atoms with E-state index in [1.807, 2.05) is 0 Å². The Hall–Kier alpha value is -3.68. The van der Waals surface area contributed by atoms with E-state index in [2.05, 4.69) is 0 Å². The summed E-state index contributed by atoms with van der Waals surface area (Å²) < 4.78 is 22.8. The van der Waals surface area contributed by atoms with E-state index in [0.29, 0.717) is 0 Å². The molecule has 3 aliphatic rings. The largest absolute Gasteiger partial charge is 0.469 e. The van der Waals surface area contributed by atoms with E-state index >= 15 is 0 Å². The predicted octanol–water partition coefficient (Wildman–Crippen LogP) is 2.39. The highest BCUT2D eigenvalue weighted by Crippen LogP contribution is 2.64. The number of fused-ring (bicyclic) bond motifs is 6. The predicted molar refractivity (Wildman–Crippen MR) is 109 cm³/mol. The second-order valence-corrected chi connectivity index (χ2v) is 7.79. The zero-order valence-electron chi connectivity index (χ0n) is 17.5. The Labute approximate surface area is 183 Å². The van der Waals surface area contributed by atoms with Gasteiger partial charge in [-0.2, -0.15) is 0 Å². The number of ether oxygens (including phenoxy) is 4.